The summed E-state index contributed by atoms with van der Waals surface area (Å²) in [5.41, 5.74) is 0.364. The second kappa shape index (κ2) is 13.3. The number of hydrogen-bond acceptors (Lipinski definition) is 7. The minimum absolute atomic E-state index is 0.118. The van der Waals surface area contributed by atoms with Crippen molar-refractivity contribution in [1.29, 1.82) is 0 Å². The summed E-state index contributed by atoms with van der Waals surface area (Å²) in [4.78, 5) is 58.9. The Morgan fingerprint density at radius 1 is 1.16 bits per heavy atom. The molecule has 44 heavy (non-hydrogen) atoms. The topological polar surface area (TPSA) is 147 Å². The number of alkyl carbamates (subject to hydrolysis) is 1. The number of benzene rings is 1. The van der Waals surface area contributed by atoms with Gasteiger partial charge in [0.2, 0.25) is 11.8 Å². The highest BCUT2D eigenvalue weighted by molar-refractivity contribution is 5.96. The van der Waals surface area contributed by atoms with Gasteiger partial charge in [0.05, 0.1) is 24.0 Å². The van der Waals surface area contributed by atoms with Gasteiger partial charge in [-0.2, -0.15) is 0 Å². The van der Waals surface area contributed by atoms with Crippen molar-refractivity contribution in [2.45, 2.75) is 95.5 Å². The van der Waals surface area contributed by atoms with Gasteiger partial charge in [-0.3, -0.25) is 14.6 Å². The third-order valence-electron chi connectivity index (χ3n) is 9.29. The number of fused-ring (bicyclic) bond motifs is 1. The quantitative estimate of drug-likeness (QED) is 0.321. The van der Waals surface area contributed by atoms with Gasteiger partial charge in [-0.1, -0.05) is 63.5 Å². The number of aromatic nitrogens is 1. The van der Waals surface area contributed by atoms with Crippen LogP contribution in [0.4, 0.5) is 4.79 Å². The highest BCUT2D eigenvalue weighted by Crippen LogP contribution is 2.46. The van der Waals surface area contributed by atoms with Crippen molar-refractivity contribution in [2.24, 2.45) is 11.8 Å². The Morgan fingerprint density at radius 3 is 2.59 bits per heavy atom. The maximum atomic E-state index is 14.3. The molecule has 0 unspecified atom stereocenters. The molecule has 0 spiro atoms. The van der Waals surface area contributed by atoms with Crippen LogP contribution in [0.1, 0.15) is 70.8 Å². The Labute approximate surface area is 257 Å². The van der Waals surface area contributed by atoms with Gasteiger partial charge in [0.15, 0.2) is 0 Å². The fraction of sp³-hybridized carbons (Fsp3) is 0.545. The first kappa shape index (κ1) is 31.4. The molecule has 3 fully saturated rings. The van der Waals surface area contributed by atoms with Crippen LogP contribution >= 0.6 is 0 Å². The number of amides is 3. The number of ether oxygens (including phenoxy) is 2. The first-order valence-corrected chi connectivity index (χ1v) is 15.6. The van der Waals surface area contributed by atoms with E-state index < -0.39 is 47.6 Å². The molecule has 2 aromatic rings. The Morgan fingerprint density at radius 2 is 1.91 bits per heavy atom. The Kier molecular flexibility index (Phi) is 9.53. The van der Waals surface area contributed by atoms with Crippen LogP contribution in [-0.2, 0) is 30.5 Å². The van der Waals surface area contributed by atoms with Gasteiger partial charge in [0, 0.05) is 30.1 Å². The largest absolute Gasteiger partial charge is 0.479 e. The lowest BCUT2D eigenvalue weighted by Crippen LogP contribution is -2.58. The highest BCUT2D eigenvalue weighted by atomic mass is 16.6. The second-order valence-electron chi connectivity index (χ2n) is 12.4. The molecular formula is C33H42N4O7. The summed E-state index contributed by atoms with van der Waals surface area (Å²) in [5.74, 6) is -2.11. The predicted octanol–water partition coefficient (Wildman–Crippen LogP) is 4.30. The van der Waals surface area contributed by atoms with Crippen molar-refractivity contribution in [2.75, 3.05) is 6.54 Å². The Hall–Kier alpha value is -3.99. The number of aliphatic carboxylic acids is 1. The molecular weight excluding hydrogens is 564 g/mol. The Balaban J connectivity index is 1.38. The molecule has 1 aliphatic heterocycles. The molecule has 1 aromatic heterocycles. The van der Waals surface area contributed by atoms with E-state index in [-0.39, 0.29) is 37.2 Å². The molecule has 2 saturated carbocycles. The molecule has 2 aliphatic carbocycles. The zero-order valence-corrected chi connectivity index (χ0v) is 25.4. The molecule has 0 bridgehead atoms. The van der Waals surface area contributed by atoms with Crippen molar-refractivity contribution in [1.82, 2.24) is 20.5 Å². The van der Waals surface area contributed by atoms with Gasteiger partial charge in [-0.15, -0.1) is 0 Å². The zero-order chi connectivity index (χ0) is 31.4. The van der Waals surface area contributed by atoms with Crippen molar-refractivity contribution in [3.8, 4) is 0 Å². The Bertz CT molecular complexity index is 1420. The van der Waals surface area contributed by atoms with Crippen LogP contribution in [0, 0.1) is 11.8 Å². The van der Waals surface area contributed by atoms with Gasteiger partial charge in [-0.25, -0.2) is 9.59 Å². The normalized spacial score (nSPS) is 25.7. The van der Waals surface area contributed by atoms with Crippen molar-refractivity contribution in [3.63, 3.8) is 0 Å². The lowest BCUT2D eigenvalue weighted by molar-refractivity contribution is -0.146. The molecule has 3 amide bonds. The average molecular weight is 607 g/mol. The van der Waals surface area contributed by atoms with E-state index in [1.807, 2.05) is 37.3 Å². The minimum Gasteiger partial charge on any atom is -0.479 e. The maximum Gasteiger partial charge on any atom is 0.412 e. The molecule has 236 valence electrons. The SMILES string of the molecule is C=C(C)OC(=O)N[C@H](C(=O)N1C[C@H](OCc2cccc3cccnc23)C[C@H]1C(=O)N[C@]1(C(=O)O)C[C@@H]1CC)C1CCCCC1. The number of rotatable bonds is 11. The molecule has 2 heterocycles. The number of likely N-dealkylation sites (tertiary alicyclic amines) is 1. The molecule has 1 saturated heterocycles. The molecule has 3 aliphatic rings. The lowest BCUT2D eigenvalue weighted by atomic mass is 9.83. The number of carboxylic acid groups (broad SMARTS) is 1. The number of para-hydroxylation sites is 1. The van der Waals surface area contributed by atoms with Crippen molar-refractivity contribution in [3.05, 3.63) is 54.4 Å². The summed E-state index contributed by atoms with van der Waals surface area (Å²) < 4.78 is 11.4. The van der Waals surface area contributed by atoms with Crippen LogP contribution < -0.4 is 10.6 Å². The molecule has 1 aromatic carbocycles. The average Bonchev–Trinajstić information content (AvgIpc) is 3.57. The standard InChI is InChI=1S/C33H42N4O7/c1-4-24-17-33(24,31(40)41)36-29(38)26-16-25(43-19-23-13-8-12-21-14-9-15-34-27(21)23)18-37(26)30(39)28(22-10-6-5-7-11-22)35-32(42)44-20(2)3/h8-9,12-15,22,24-26,28H,2,4-7,10-11,16-19H2,1,3H3,(H,35,42)(H,36,38)(H,40,41)/t24-,25+,26-,28-,33+/m0/s1. The van der Waals surface area contributed by atoms with E-state index in [2.05, 4.69) is 22.2 Å². The van der Waals surface area contributed by atoms with E-state index in [1.54, 1.807) is 13.1 Å². The minimum atomic E-state index is -1.33. The van der Waals surface area contributed by atoms with Crippen LogP contribution in [0.3, 0.4) is 0 Å². The molecule has 0 radical (unpaired) electrons. The van der Waals surface area contributed by atoms with E-state index in [0.717, 1.165) is 48.6 Å². The number of nitrogens with one attached hydrogen (secondary N) is 2. The fourth-order valence-electron chi connectivity index (χ4n) is 6.84. The number of carbonyl (C=O) groups excluding carboxylic acids is 3. The fourth-order valence-corrected chi connectivity index (χ4v) is 6.84. The van der Waals surface area contributed by atoms with Crippen LogP contribution in [-0.4, -0.2) is 69.1 Å². The van der Waals surface area contributed by atoms with Crippen molar-refractivity contribution >= 4 is 34.8 Å². The first-order valence-electron chi connectivity index (χ1n) is 15.6. The number of nitrogens with zero attached hydrogens (tertiary/aromatic N) is 2. The van der Waals surface area contributed by atoms with Crippen LogP contribution in [0.5, 0.6) is 0 Å². The smallest absolute Gasteiger partial charge is 0.412 e. The zero-order valence-electron chi connectivity index (χ0n) is 25.4. The third-order valence-corrected chi connectivity index (χ3v) is 9.29. The van der Waals surface area contributed by atoms with Gasteiger partial charge in [0.1, 0.15) is 17.6 Å². The molecule has 11 heteroatoms. The van der Waals surface area contributed by atoms with Gasteiger partial charge in [-0.05, 0) is 44.1 Å². The van der Waals surface area contributed by atoms with E-state index in [1.165, 1.54) is 4.90 Å². The monoisotopic (exact) mass is 606 g/mol. The summed E-state index contributed by atoms with van der Waals surface area (Å²) in [6.45, 7) is 7.39. The number of hydrogen-bond donors (Lipinski definition) is 3. The van der Waals surface area contributed by atoms with Gasteiger partial charge >= 0.3 is 12.1 Å². The molecule has 5 atom stereocenters. The van der Waals surface area contributed by atoms with Crippen LogP contribution in [0.25, 0.3) is 10.9 Å². The number of pyridine rings is 1. The summed E-state index contributed by atoms with van der Waals surface area (Å²) >= 11 is 0. The van der Waals surface area contributed by atoms with E-state index in [0.29, 0.717) is 12.8 Å². The van der Waals surface area contributed by atoms with Crippen LogP contribution in [0.2, 0.25) is 0 Å². The predicted molar refractivity (Wildman–Crippen MR) is 162 cm³/mol. The highest BCUT2D eigenvalue weighted by Gasteiger charge is 2.61. The number of carboxylic acids is 1. The molecule has 11 nitrogen and oxygen atoms in total. The number of allylic oxidation sites excluding steroid dienone is 1. The molecule has 5 rings (SSSR count). The third kappa shape index (κ3) is 6.72. The summed E-state index contributed by atoms with van der Waals surface area (Å²) in [5, 5.41) is 16.5. The van der Waals surface area contributed by atoms with E-state index >= 15 is 0 Å². The van der Waals surface area contributed by atoms with Gasteiger partial charge in [0.25, 0.3) is 0 Å². The second-order valence-corrected chi connectivity index (χ2v) is 12.4. The van der Waals surface area contributed by atoms with E-state index in [4.69, 9.17) is 9.47 Å². The van der Waals surface area contributed by atoms with Gasteiger partial charge < -0.3 is 30.1 Å². The summed E-state index contributed by atoms with van der Waals surface area (Å²) in [6.07, 6.45) is 6.02. The van der Waals surface area contributed by atoms with Crippen molar-refractivity contribution < 1.29 is 33.8 Å². The molecule has 3 N–H and O–H groups in total. The maximum absolute atomic E-state index is 14.3. The first-order chi connectivity index (χ1) is 21.1. The lowest BCUT2D eigenvalue weighted by Gasteiger charge is -2.34. The summed E-state index contributed by atoms with van der Waals surface area (Å²) in [6, 6.07) is 7.81. The summed E-state index contributed by atoms with van der Waals surface area (Å²) in [7, 11) is 0. The number of carbonyl (C=O) groups is 4. The van der Waals surface area contributed by atoms with Crippen LogP contribution in [0.15, 0.2) is 48.9 Å². The van der Waals surface area contributed by atoms with E-state index in [9.17, 15) is 24.3 Å².